The van der Waals surface area contributed by atoms with E-state index in [9.17, 15) is 9.59 Å². The molecule has 2 heterocycles. The number of carbonyl (C=O) groups is 1. The molecule has 0 amide bonds. The summed E-state index contributed by atoms with van der Waals surface area (Å²) in [4.78, 5) is 35.5. The fraction of sp³-hybridized carbons (Fsp3) is 0.176. The first-order valence-corrected chi connectivity index (χ1v) is 7.93. The van der Waals surface area contributed by atoms with E-state index in [1.54, 1.807) is 6.07 Å². The molecular weight excluding hydrogens is 328 g/mol. The monoisotopic (exact) mass is 340 g/mol. The molecule has 0 atom stereocenters. The van der Waals surface area contributed by atoms with E-state index in [4.69, 9.17) is 11.6 Å². The second-order valence-corrected chi connectivity index (χ2v) is 6.04. The molecule has 0 radical (unpaired) electrons. The summed E-state index contributed by atoms with van der Waals surface area (Å²) < 4.78 is 0. The predicted octanol–water partition coefficient (Wildman–Crippen LogP) is 2.71. The molecule has 24 heavy (non-hydrogen) atoms. The molecule has 1 aliphatic carbocycles. The Hall–Kier alpha value is -2.73. The maximum Gasteiger partial charge on any atom is 0.262 e. The summed E-state index contributed by atoms with van der Waals surface area (Å²) in [5.74, 6) is 0.351. The van der Waals surface area contributed by atoms with E-state index in [-0.39, 0.29) is 11.3 Å². The van der Waals surface area contributed by atoms with Crippen LogP contribution < -0.4 is 10.9 Å². The number of pyridine rings is 1. The summed E-state index contributed by atoms with van der Waals surface area (Å²) in [6, 6.07) is 7.44. The Morgan fingerprint density at radius 2 is 2.04 bits per heavy atom. The number of nitrogens with one attached hydrogen (secondary N) is 2. The number of aromatic nitrogens is 3. The number of benzene rings is 1. The molecule has 2 aromatic heterocycles. The normalized spacial score (nSPS) is 13.3. The van der Waals surface area contributed by atoms with Crippen LogP contribution in [0.2, 0.25) is 5.02 Å². The van der Waals surface area contributed by atoms with Crippen LogP contribution in [0.4, 0.5) is 5.95 Å². The SMILES string of the molecule is O=C1CCc2c1cnc1nc(NCc3ccccc3Cl)[nH]c(=O)c21. The summed E-state index contributed by atoms with van der Waals surface area (Å²) in [6.45, 7) is 0.428. The van der Waals surface area contributed by atoms with Crippen LogP contribution in [0.25, 0.3) is 11.0 Å². The zero-order valence-corrected chi connectivity index (χ0v) is 13.4. The Bertz CT molecular complexity index is 1030. The van der Waals surface area contributed by atoms with Gasteiger partial charge in [-0.3, -0.25) is 14.6 Å². The lowest BCUT2D eigenvalue weighted by Crippen LogP contribution is -2.15. The summed E-state index contributed by atoms with van der Waals surface area (Å²) in [7, 11) is 0. The Morgan fingerprint density at radius 3 is 2.88 bits per heavy atom. The largest absolute Gasteiger partial charge is 0.352 e. The number of nitrogens with zero attached hydrogens (tertiary/aromatic N) is 2. The molecule has 4 rings (SSSR count). The molecular formula is C17H13ClN4O2. The van der Waals surface area contributed by atoms with Gasteiger partial charge in [0.05, 0.1) is 5.39 Å². The first-order valence-electron chi connectivity index (χ1n) is 7.56. The van der Waals surface area contributed by atoms with Crippen molar-refractivity contribution in [2.75, 3.05) is 5.32 Å². The van der Waals surface area contributed by atoms with Crippen LogP contribution >= 0.6 is 11.6 Å². The van der Waals surface area contributed by atoms with Crippen LogP contribution in [0.5, 0.6) is 0 Å². The van der Waals surface area contributed by atoms with Crippen molar-refractivity contribution in [1.29, 1.82) is 0 Å². The van der Waals surface area contributed by atoms with E-state index in [0.29, 0.717) is 47.0 Å². The van der Waals surface area contributed by atoms with E-state index in [0.717, 1.165) is 11.1 Å². The number of H-pyrrole nitrogens is 1. The van der Waals surface area contributed by atoms with Gasteiger partial charge in [0.25, 0.3) is 5.56 Å². The molecule has 0 saturated heterocycles. The maximum atomic E-state index is 12.4. The number of hydrogen-bond donors (Lipinski definition) is 2. The number of ketones is 1. The van der Waals surface area contributed by atoms with Gasteiger partial charge in [0.1, 0.15) is 0 Å². The number of hydrogen-bond acceptors (Lipinski definition) is 5. The molecule has 6 nitrogen and oxygen atoms in total. The second kappa shape index (κ2) is 5.72. The first-order chi connectivity index (χ1) is 11.6. The van der Waals surface area contributed by atoms with Gasteiger partial charge < -0.3 is 5.32 Å². The number of carbonyl (C=O) groups excluding carboxylic acids is 1. The lowest BCUT2D eigenvalue weighted by atomic mass is 10.1. The van der Waals surface area contributed by atoms with Crippen molar-refractivity contribution >= 4 is 34.4 Å². The molecule has 0 fully saturated rings. The highest BCUT2D eigenvalue weighted by molar-refractivity contribution is 6.31. The first kappa shape index (κ1) is 14.8. The zero-order valence-electron chi connectivity index (χ0n) is 12.6. The predicted molar refractivity (Wildman–Crippen MR) is 91.6 cm³/mol. The van der Waals surface area contributed by atoms with Gasteiger partial charge in [-0.25, -0.2) is 4.98 Å². The number of aryl methyl sites for hydroxylation is 1. The van der Waals surface area contributed by atoms with Crippen LogP contribution in [0.15, 0.2) is 35.3 Å². The van der Waals surface area contributed by atoms with Crippen molar-refractivity contribution in [2.45, 2.75) is 19.4 Å². The fourth-order valence-corrected chi connectivity index (χ4v) is 3.15. The summed E-state index contributed by atoms with van der Waals surface area (Å²) in [5.41, 5.74) is 2.23. The standard InChI is InChI=1S/C17H13ClN4O2/c18-12-4-2-1-3-9(12)7-20-17-21-15-14(16(24)22-17)10-5-6-13(23)11(10)8-19-15/h1-4,8H,5-7H2,(H2,19,20,21,22,24). The topological polar surface area (TPSA) is 87.7 Å². The van der Waals surface area contributed by atoms with Crippen molar-refractivity contribution < 1.29 is 4.79 Å². The molecule has 120 valence electrons. The van der Waals surface area contributed by atoms with Crippen molar-refractivity contribution in [3.05, 3.63) is 62.5 Å². The van der Waals surface area contributed by atoms with Gasteiger partial charge in [-0.05, 0) is 23.6 Å². The van der Waals surface area contributed by atoms with E-state index in [1.165, 1.54) is 6.20 Å². The van der Waals surface area contributed by atoms with Gasteiger partial charge >= 0.3 is 0 Å². The Labute approximate surface area is 141 Å². The van der Waals surface area contributed by atoms with Crippen molar-refractivity contribution in [1.82, 2.24) is 15.0 Å². The number of anilines is 1. The average Bonchev–Trinajstić information content (AvgIpc) is 2.95. The molecule has 0 saturated carbocycles. The molecule has 0 bridgehead atoms. The number of halogens is 1. The smallest absolute Gasteiger partial charge is 0.262 e. The van der Waals surface area contributed by atoms with Crippen molar-refractivity contribution in [3.8, 4) is 0 Å². The van der Waals surface area contributed by atoms with Crippen LogP contribution in [-0.2, 0) is 13.0 Å². The average molecular weight is 341 g/mol. The highest BCUT2D eigenvalue weighted by Gasteiger charge is 2.24. The lowest BCUT2D eigenvalue weighted by molar-refractivity contribution is 0.0994. The third kappa shape index (κ3) is 2.45. The molecule has 0 unspecified atom stereocenters. The van der Waals surface area contributed by atoms with Gasteiger partial charge in [-0.15, -0.1) is 0 Å². The van der Waals surface area contributed by atoms with Gasteiger partial charge in [0.2, 0.25) is 5.95 Å². The number of aromatic amines is 1. The quantitative estimate of drug-likeness (QED) is 0.765. The second-order valence-electron chi connectivity index (χ2n) is 5.63. The number of Topliss-reactive ketones (excluding diaryl/α,β-unsaturated/α-hetero) is 1. The van der Waals surface area contributed by atoms with Crippen LogP contribution in [0.1, 0.15) is 27.9 Å². The van der Waals surface area contributed by atoms with Crippen molar-refractivity contribution in [2.24, 2.45) is 0 Å². The van der Waals surface area contributed by atoms with Gasteiger partial charge in [0, 0.05) is 29.7 Å². The van der Waals surface area contributed by atoms with E-state index >= 15 is 0 Å². The minimum atomic E-state index is -0.291. The van der Waals surface area contributed by atoms with E-state index in [2.05, 4.69) is 20.3 Å². The highest BCUT2D eigenvalue weighted by atomic mass is 35.5. The van der Waals surface area contributed by atoms with Gasteiger partial charge in [-0.1, -0.05) is 29.8 Å². The molecule has 1 aromatic carbocycles. The minimum absolute atomic E-state index is 0.0275. The molecule has 2 N–H and O–H groups in total. The Morgan fingerprint density at radius 1 is 1.21 bits per heavy atom. The molecule has 3 aromatic rings. The molecule has 7 heteroatoms. The van der Waals surface area contributed by atoms with E-state index in [1.807, 2.05) is 18.2 Å². The molecule has 0 aliphatic heterocycles. The highest BCUT2D eigenvalue weighted by Crippen LogP contribution is 2.26. The summed E-state index contributed by atoms with van der Waals surface area (Å²) >= 11 is 6.12. The maximum absolute atomic E-state index is 12.4. The fourth-order valence-electron chi connectivity index (χ4n) is 2.94. The number of rotatable bonds is 3. The molecule has 0 spiro atoms. The zero-order chi connectivity index (χ0) is 16.7. The Kier molecular flexibility index (Phi) is 3.54. The van der Waals surface area contributed by atoms with Gasteiger partial charge in [-0.2, -0.15) is 4.98 Å². The Balaban J connectivity index is 1.70. The lowest BCUT2D eigenvalue weighted by Gasteiger charge is -2.08. The van der Waals surface area contributed by atoms with Crippen LogP contribution in [0.3, 0.4) is 0 Å². The summed E-state index contributed by atoms with van der Waals surface area (Å²) in [6.07, 6.45) is 2.49. The van der Waals surface area contributed by atoms with Gasteiger partial charge in [0.15, 0.2) is 11.4 Å². The molecule has 1 aliphatic rings. The van der Waals surface area contributed by atoms with Crippen molar-refractivity contribution in [3.63, 3.8) is 0 Å². The number of fused-ring (bicyclic) bond motifs is 3. The van der Waals surface area contributed by atoms with Crippen LogP contribution in [-0.4, -0.2) is 20.7 Å². The van der Waals surface area contributed by atoms with Crippen LogP contribution in [0, 0.1) is 0 Å². The summed E-state index contributed by atoms with van der Waals surface area (Å²) in [5, 5.41) is 4.10. The minimum Gasteiger partial charge on any atom is -0.352 e. The van der Waals surface area contributed by atoms with E-state index < -0.39 is 0 Å². The third-order valence-electron chi connectivity index (χ3n) is 4.15. The third-order valence-corrected chi connectivity index (χ3v) is 4.52.